The number of benzene rings is 1. The number of halogens is 2. The second-order valence-corrected chi connectivity index (χ2v) is 3.47. The van der Waals surface area contributed by atoms with Crippen LogP contribution in [0.5, 0.6) is 0 Å². The van der Waals surface area contributed by atoms with Crippen LogP contribution in [0, 0.1) is 11.6 Å². The second-order valence-electron chi connectivity index (χ2n) is 3.47. The van der Waals surface area contributed by atoms with Crippen LogP contribution in [-0.2, 0) is 11.2 Å². The summed E-state index contributed by atoms with van der Waals surface area (Å²) < 4.78 is 25.9. The van der Waals surface area contributed by atoms with Crippen LogP contribution in [-0.4, -0.2) is 21.8 Å². The van der Waals surface area contributed by atoms with Crippen molar-refractivity contribution < 1.29 is 23.8 Å². The van der Waals surface area contributed by atoms with Gasteiger partial charge in [-0.2, -0.15) is 0 Å². The molecule has 15 heavy (non-hydrogen) atoms. The predicted molar refractivity (Wildman–Crippen MR) is 48.3 cm³/mol. The summed E-state index contributed by atoms with van der Waals surface area (Å²) in [7, 11) is 0. The van der Waals surface area contributed by atoms with Gasteiger partial charge in [-0.15, -0.1) is 0 Å². The summed E-state index contributed by atoms with van der Waals surface area (Å²) in [6.45, 7) is 1.03. The van der Waals surface area contributed by atoms with Gasteiger partial charge < -0.3 is 10.2 Å². The fourth-order valence-corrected chi connectivity index (χ4v) is 1.13. The molecule has 0 radical (unpaired) electrons. The Labute approximate surface area is 85.0 Å². The van der Waals surface area contributed by atoms with Gasteiger partial charge in [0.25, 0.3) is 0 Å². The van der Waals surface area contributed by atoms with E-state index in [4.69, 9.17) is 5.11 Å². The summed E-state index contributed by atoms with van der Waals surface area (Å²) >= 11 is 0. The maximum atomic E-state index is 13.1. The lowest BCUT2D eigenvalue weighted by atomic mass is 9.96. The Bertz CT molecular complexity index is 388. The standard InChI is InChI=1S/C10H10F2O3/c1-10(15,9(13)14)5-6-3-2-4-7(11)8(6)12/h2-4,15H,5H2,1H3,(H,13,14). The lowest BCUT2D eigenvalue weighted by Gasteiger charge is -2.17. The predicted octanol–water partition coefficient (Wildman–Crippen LogP) is 1.34. The van der Waals surface area contributed by atoms with Gasteiger partial charge >= 0.3 is 5.97 Å². The first-order valence-electron chi connectivity index (χ1n) is 4.23. The van der Waals surface area contributed by atoms with E-state index < -0.39 is 29.6 Å². The summed E-state index contributed by atoms with van der Waals surface area (Å²) in [4.78, 5) is 10.6. The van der Waals surface area contributed by atoms with Gasteiger partial charge in [-0.3, -0.25) is 0 Å². The van der Waals surface area contributed by atoms with Crippen molar-refractivity contribution in [2.75, 3.05) is 0 Å². The summed E-state index contributed by atoms with van der Waals surface area (Å²) in [6, 6.07) is 3.41. The molecule has 82 valence electrons. The van der Waals surface area contributed by atoms with Gasteiger partial charge in [0.15, 0.2) is 17.2 Å². The van der Waals surface area contributed by atoms with Gasteiger partial charge in [-0.05, 0) is 18.6 Å². The highest BCUT2D eigenvalue weighted by Crippen LogP contribution is 2.18. The number of rotatable bonds is 3. The maximum absolute atomic E-state index is 13.1. The lowest BCUT2D eigenvalue weighted by molar-refractivity contribution is -0.156. The molecule has 0 bridgehead atoms. The molecule has 0 aromatic heterocycles. The van der Waals surface area contributed by atoms with E-state index in [1.165, 1.54) is 12.1 Å². The topological polar surface area (TPSA) is 57.5 Å². The Morgan fingerprint density at radius 3 is 2.60 bits per heavy atom. The Hall–Kier alpha value is -1.49. The summed E-state index contributed by atoms with van der Waals surface area (Å²) in [6.07, 6.45) is -0.480. The van der Waals surface area contributed by atoms with E-state index in [2.05, 4.69) is 0 Å². The zero-order valence-corrected chi connectivity index (χ0v) is 8.00. The van der Waals surface area contributed by atoms with Crippen molar-refractivity contribution in [3.63, 3.8) is 0 Å². The third kappa shape index (κ3) is 2.50. The summed E-state index contributed by atoms with van der Waals surface area (Å²) in [5, 5.41) is 18.0. The smallest absolute Gasteiger partial charge is 0.335 e. The minimum atomic E-state index is -2.10. The van der Waals surface area contributed by atoms with Crippen LogP contribution in [0.25, 0.3) is 0 Å². The quantitative estimate of drug-likeness (QED) is 0.801. The Morgan fingerprint density at radius 1 is 1.47 bits per heavy atom. The van der Waals surface area contributed by atoms with Gasteiger partial charge in [0.1, 0.15) is 0 Å². The molecule has 1 rings (SSSR count). The summed E-state index contributed by atoms with van der Waals surface area (Å²) in [5.41, 5.74) is -2.27. The molecule has 0 heterocycles. The van der Waals surface area contributed by atoms with E-state index in [0.29, 0.717) is 0 Å². The fourth-order valence-electron chi connectivity index (χ4n) is 1.13. The molecule has 0 saturated carbocycles. The van der Waals surface area contributed by atoms with Gasteiger partial charge in [0.2, 0.25) is 0 Å². The van der Waals surface area contributed by atoms with E-state index in [1.807, 2.05) is 0 Å². The normalized spacial score (nSPS) is 14.7. The average molecular weight is 216 g/mol. The first kappa shape index (κ1) is 11.6. The molecule has 1 atom stereocenters. The highest BCUT2D eigenvalue weighted by molar-refractivity contribution is 5.76. The maximum Gasteiger partial charge on any atom is 0.335 e. The number of aliphatic carboxylic acids is 1. The van der Waals surface area contributed by atoms with Crippen molar-refractivity contribution in [1.29, 1.82) is 0 Å². The Morgan fingerprint density at radius 2 is 2.07 bits per heavy atom. The van der Waals surface area contributed by atoms with Crippen molar-refractivity contribution in [3.05, 3.63) is 35.4 Å². The molecule has 0 amide bonds. The van der Waals surface area contributed by atoms with Crippen LogP contribution < -0.4 is 0 Å². The molecule has 1 aromatic carbocycles. The lowest BCUT2D eigenvalue weighted by Crippen LogP contribution is -2.37. The van der Waals surface area contributed by atoms with Crippen molar-refractivity contribution >= 4 is 5.97 Å². The SMILES string of the molecule is CC(O)(Cc1cccc(F)c1F)C(=O)O. The molecular weight excluding hydrogens is 206 g/mol. The minimum absolute atomic E-state index is 0.164. The number of hydrogen-bond acceptors (Lipinski definition) is 2. The van der Waals surface area contributed by atoms with Gasteiger partial charge in [0, 0.05) is 6.42 Å². The molecule has 0 aliphatic rings. The molecule has 1 unspecified atom stereocenters. The van der Waals surface area contributed by atoms with Crippen LogP contribution >= 0.6 is 0 Å². The molecule has 0 aliphatic heterocycles. The number of carboxylic acid groups (broad SMARTS) is 1. The third-order valence-electron chi connectivity index (χ3n) is 2.03. The molecule has 2 N–H and O–H groups in total. The number of hydrogen-bond donors (Lipinski definition) is 2. The molecule has 0 spiro atoms. The molecule has 3 nitrogen and oxygen atoms in total. The van der Waals surface area contributed by atoms with E-state index >= 15 is 0 Å². The van der Waals surface area contributed by atoms with E-state index in [0.717, 1.165) is 13.0 Å². The Kier molecular flexibility index (Phi) is 3.04. The highest BCUT2D eigenvalue weighted by atomic mass is 19.2. The van der Waals surface area contributed by atoms with Gasteiger partial charge in [-0.1, -0.05) is 12.1 Å². The zero-order chi connectivity index (χ0) is 11.6. The van der Waals surface area contributed by atoms with Crippen molar-refractivity contribution in [1.82, 2.24) is 0 Å². The number of aliphatic hydroxyl groups is 1. The van der Waals surface area contributed by atoms with Gasteiger partial charge in [-0.25, -0.2) is 13.6 Å². The van der Waals surface area contributed by atoms with Crippen LogP contribution in [0.3, 0.4) is 0 Å². The second kappa shape index (κ2) is 3.94. The molecule has 0 aliphatic carbocycles. The molecule has 1 aromatic rings. The van der Waals surface area contributed by atoms with Crippen molar-refractivity contribution in [2.24, 2.45) is 0 Å². The highest BCUT2D eigenvalue weighted by Gasteiger charge is 2.31. The molecule has 5 heteroatoms. The number of carboxylic acids is 1. The van der Waals surface area contributed by atoms with Crippen LogP contribution in [0.2, 0.25) is 0 Å². The zero-order valence-electron chi connectivity index (χ0n) is 8.00. The Balaban J connectivity index is 3.00. The van der Waals surface area contributed by atoms with Crippen molar-refractivity contribution in [2.45, 2.75) is 18.9 Å². The first-order chi connectivity index (χ1) is 6.84. The van der Waals surface area contributed by atoms with Crippen molar-refractivity contribution in [3.8, 4) is 0 Å². The van der Waals surface area contributed by atoms with E-state index in [-0.39, 0.29) is 5.56 Å². The molecular formula is C10H10F2O3. The minimum Gasteiger partial charge on any atom is -0.479 e. The monoisotopic (exact) mass is 216 g/mol. The largest absolute Gasteiger partial charge is 0.479 e. The number of carbonyl (C=O) groups is 1. The molecule has 0 fully saturated rings. The van der Waals surface area contributed by atoms with E-state index in [1.54, 1.807) is 0 Å². The third-order valence-corrected chi connectivity index (χ3v) is 2.03. The average Bonchev–Trinajstić information content (AvgIpc) is 2.12. The van der Waals surface area contributed by atoms with E-state index in [9.17, 15) is 18.7 Å². The van der Waals surface area contributed by atoms with Crippen LogP contribution in [0.1, 0.15) is 12.5 Å². The van der Waals surface area contributed by atoms with Gasteiger partial charge in [0.05, 0.1) is 0 Å². The van der Waals surface area contributed by atoms with Crippen LogP contribution in [0.15, 0.2) is 18.2 Å². The van der Waals surface area contributed by atoms with Crippen LogP contribution in [0.4, 0.5) is 8.78 Å². The summed E-state index contributed by atoms with van der Waals surface area (Å²) in [5.74, 6) is -3.67. The first-order valence-corrected chi connectivity index (χ1v) is 4.23. The fraction of sp³-hybridized carbons (Fsp3) is 0.300. The molecule has 0 saturated heterocycles.